The molecule has 0 aromatic carbocycles. The van der Waals surface area contributed by atoms with Gasteiger partial charge in [-0.25, -0.2) is 0 Å². The third kappa shape index (κ3) is 33.8. The molecule has 0 aromatic heterocycles. The van der Waals surface area contributed by atoms with Crippen molar-refractivity contribution < 1.29 is 31.0 Å². The smallest absolute Gasteiger partial charge is 0 e. The Bertz CT molecular complexity index is 247. The molecule has 23 heavy (non-hydrogen) atoms. The summed E-state index contributed by atoms with van der Waals surface area (Å²) in [5, 5.41) is 0. The topological polar surface area (TPSA) is 59.7 Å². The largest absolute Gasteiger partial charge is 0 e. The van der Waals surface area contributed by atoms with E-state index in [9.17, 15) is 0 Å². The second-order valence-corrected chi connectivity index (χ2v) is 4.93. The molecule has 0 unspecified atom stereocenters. The summed E-state index contributed by atoms with van der Waals surface area (Å²) in [6.07, 6.45) is 26.0. The van der Waals surface area contributed by atoms with Gasteiger partial charge >= 0.3 is 33.9 Å². The van der Waals surface area contributed by atoms with Crippen LogP contribution in [0.25, 0.3) is 0 Å². The zero-order valence-electron chi connectivity index (χ0n) is 13.9. The van der Waals surface area contributed by atoms with Crippen molar-refractivity contribution in [2.45, 2.75) is 77.0 Å². The second-order valence-electron chi connectivity index (χ2n) is 4.93. The van der Waals surface area contributed by atoms with E-state index in [1.54, 1.807) is 0 Å². The van der Waals surface area contributed by atoms with Gasteiger partial charge in [-0.15, -0.1) is 0 Å². The van der Waals surface area contributed by atoms with Crippen molar-refractivity contribution in [2.24, 2.45) is 0 Å². The number of rotatable bonds is 0. The summed E-state index contributed by atoms with van der Waals surface area (Å²) in [4.78, 5) is 0. The van der Waals surface area contributed by atoms with Gasteiger partial charge in [-0.05, 0) is 51.4 Å². The fourth-order valence-electron chi connectivity index (χ4n) is 2.23. The molecule has 0 N–H and O–H groups in total. The molecule has 0 bridgehead atoms. The van der Waals surface area contributed by atoms with Gasteiger partial charge < -0.3 is 0 Å². The van der Waals surface area contributed by atoms with E-state index in [-0.39, 0.29) is 17.1 Å². The monoisotopic (exact) mass is 360 g/mol. The van der Waals surface area contributed by atoms with Gasteiger partial charge in [0.2, 0.25) is 0 Å². The van der Waals surface area contributed by atoms with Crippen molar-refractivity contribution in [1.82, 2.24) is 0 Å². The van der Waals surface area contributed by atoms with Crippen molar-refractivity contribution in [3.63, 3.8) is 0 Å². The van der Waals surface area contributed by atoms with E-state index in [0.717, 1.165) is 0 Å². The number of allylic oxidation sites excluding steroid dienone is 4. The average molecular weight is 360 g/mol. The van der Waals surface area contributed by atoms with Crippen LogP contribution in [0.4, 0.5) is 0 Å². The van der Waals surface area contributed by atoms with E-state index in [2.05, 4.69) is 44.3 Å². The summed E-state index contributed by atoms with van der Waals surface area (Å²) in [7, 11) is 0. The van der Waals surface area contributed by atoms with E-state index in [4.69, 9.17) is 14.0 Å². The van der Waals surface area contributed by atoms with E-state index in [0.29, 0.717) is 0 Å². The van der Waals surface area contributed by atoms with Crippen molar-refractivity contribution in [2.75, 3.05) is 0 Å². The fourth-order valence-corrected chi connectivity index (χ4v) is 2.23. The molecule has 0 fully saturated rings. The quantitative estimate of drug-likeness (QED) is 0.231. The van der Waals surface area contributed by atoms with Gasteiger partial charge in [0.05, 0.1) is 0 Å². The molecule has 4 heteroatoms. The average Bonchev–Trinajstić information content (AvgIpc) is 2.52. The summed E-state index contributed by atoms with van der Waals surface area (Å²) in [6, 6.07) is 0. The molecule has 0 heterocycles. The first-order valence-corrected chi connectivity index (χ1v) is 7.91. The molecule has 0 aromatic rings. The molecule has 0 atom stereocenters. The first kappa shape index (κ1) is 30.1. The molecule has 0 aliphatic heterocycles. The Morgan fingerprint density at radius 3 is 0.739 bits per heavy atom. The van der Waals surface area contributed by atoms with Gasteiger partial charge in [-0.1, -0.05) is 50.0 Å². The van der Waals surface area contributed by atoms with Gasteiger partial charge in [-0.3, -0.25) is 0 Å². The molecule has 0 saturated carbocycles. The van der Waals surface area contributed by atoms with Crippen molar-refractivity contribution >= 4 is 0 Å². The van der Waals surface area contributed by atoms with Crippen LogP contribution in [0.1, 0.15) is 77.0 Å². The van der Waals surface area contributed by atoms with Crippen LogP contribution in [-0.4, -0.2) is 0 Å². The first-order chi connectivity index (χ1) is 11.0. The summed E-state index contributed by atoms with van der Waals surface area (Å²) in [5.41, 5.74) is 0. The molecule has 130 valence electrons. The molecular formula is C19H28FeO3. The first-order valence-electron chi connectivity index (χ1n) is 7.91. The maximum atomic E-state index is 7.50. The van der Waals surface area contributed by atoms with Crippen molar-refractivity contribution in [3.8, 4) is 0 Å². The third-order valence-electron chi connectivity index (χ3n) is 3.32. The Morgan fingerprint density at radius 2 is 0.565 bits per heavy atom. The SMILES string of the molecule is C1=CCCCCCC1.C1=CCCCCCC1.[C-]#[O+].[C-]#[O+].[C-]#[O+].[Fe]. The van der Waals surface area contributed by atoms with Crippen molar-refractivity contribution in [1.29, 1.82) is 0 Å². The van der Waals surface area contributed by atoms with E-state index in [1.807, 2.05) is 0 Å². The Hall–Kier alpha value is -0.781. The van der Waals surface area contributed by atoms with Crippen LogP contribution >= 0.6 is 0 Å². The number of hydrogen-bond donors (Lipinski definition) is 0. The summed E-state index contributed by atoms with van der Waals surface area (Å²) in [6.45, 7) is 13.5. The van der Waals surface area contributed by atoms with E-state index >= 15 is 0 Å². The molecule has 0 radical (unpaired) electrons. The Morgan fingerprint density at radius 1 is 0.391 bits per heavy atom. The zero-order chi connectivity index (χ0) is 17.3. The van der Waals surface area contributed by atoms with Crippen LogP contribution in [0, 0.1) is 20.0 Å². The Kier molecular flexibility index (Phi) is 49.1. The Balaban J connectivity index is -0.000000115. The predicted molar refractivity (Wildman–Crippen MR) is 85.5 cm³/mol. The summed E-state index contributed by atoms with van der Waals surface area (Å²) < 4.78 is 22.5. The van der Waals surface area contributed by atoms with Gasteiger partial charge in [0, 0.05) is 17.1 Å². The van der Waals surface area contributed by atoms with Crippen LogP contribution in [0.5, 0.6) is 0 Å². The second kappa shape index (κ2) is 37.5. The summed E-state index contributed by atoms with van der Waals surface area (Å²) in [5.74, 6) is 0. The van der Waals surface area contributed by atoms with Crippen LogP contribution in [0.3, 0.4) is 0 Å². The van der Waals surface area contributed by atoms with Gasteiger partial charge in [0.25, 0.3) is 0 Å². The van der Waals surface area contributed by atoms with Gasteiger partial charge in [0.1, 0.15) is 0 Å². The zero-order valence-corrected chi connectivity index (χ0v) is 15.0. The summed E-state index contributed by atoms with van der Waals surface area (Å²) >= 11 is 0. The molecule has 2 aliphatic carbocycles. The normalized spacial score (nSPS) is 15.6. The molecule has 0 spiro atoms. The molecular weight excluding hydrogens is 332 g/mol. The Labute approximate surface area is 152 Å². The molecule has 0 saturated heterocycles. The molecule has 2 rings (SSSR count). The van der Waals surface area contributed by atoms with Crippen LogP contribution < -0.4 is 0 Å². The molecule has 0 amide bonds. The maximum Gasteiger partial charge on any atom is 0 e. The van der Waals surface area contributed by atoms with Crippen LogP contribution in [0.2, 0.25) is 0 Å². The molecule has 3 nitrogen and oxygen atoms in total. The minimum absolute atomic E-state index is 0. The van der Waals surface area contributed by atoms with E-state index in [1.165, 1.54) is 77.0 Å². The van der Waals surface area contributed by atoms with Crippen LogP contribution in [-0.2, 0) is 31.0 Å². The van der Waals surface area contributed by atoms with Gasteiger partial charge in [-0.2, -0.15) is 0 Å². The minimum Gasteiger partial charge on any atom is 0 e. The van der Waals surface area contributed by atoms with Crippen LogP contribution in [0.15, 0.2) is 24.3 Å². The third-order valence-corrected chi connectivity index (χ3v) is 3.32. The minimum atomic E-state index is 0. The van der Waals surface area contributed by atoms with E-state index < -0.39 is 0 Å². The maximum absolute atomic E-state index is 7.50. The number of hydrogen-bond acceptors (Lipinski definition) is 0. The molecule has 2 aliphatic rings. The fraction of sp³-hybridized carbons (Fsp3) is 0.632. The van der Waals surface area contributed by atoms with Crippen molar-refractivity contribution in [3.05, 3.63) is 44.3 Å². The van der Waals surface area contributed by atoms with Gasteiger partial charge in [0.15, 0.2) is 0 Å². The predicted octanol–water partition coefficient (Wildman–Crippen LogP) is 5.68. The standard InChI is InChI=1S/2C8H14.3CO.Fe/c2*1-2-4-6-8-7-5-3-1;3*1-2;/h2*1-2H,3-8H2;;;;.